The Hall–Kier alpha value is -2.86. The van der Waals surface area contributed by atoms with Crippen LogP contribution in [-0.4, -0.2) is 26.8 Å². The van der Waals surface area contributed by atoms with Gasteiger partial charge in [-0.1, -0.05) is 0 Å². The third-order valence-corrected chi connectivity index (χ3v) is 4.33. The van der Waals surface area contributed by atoms with Gasteiger partial charge in [-0.25, -0.2) is 0 Å². The number of nitrogens with one attached hydrogen (secondary N) is 2. The summed E-state index contributed by atoms with van der Waals surface area (Å²) < 4.78 is 3.76. The SMILES string of the molecule is Cn1nc2c(c1NC(=O)c1ccc(-n3cccc3)cc1)CNCC2. The molecule has 2 aromatic heterocycles. The molecule has 4 rings (SSSR count). The van der Waals surface area contributed by atoms with Gasteiger partial charge in [-0.05, 0) is 36.4 Å². The van der Waals surface area contributed by atoms with Crippen LogP contribution in [0.2, 0.25) is 0 Å². The zero-order valence-electron chi connectivity index (χ0n) is 13.5. The van der Waals surface area contributed by atoms with Gasteiger partial charge in [0.1, 0.15) is 5.82 Å². The molecule has 1 aromatic carbocycles. The Morgan fingerprint density at radius 3 is 2.71 bits per heavy atom. The predicted octanol–water partition coefficient (Wildman–Crippen LogP) is 2.11. The topological polar surface area (TPSA) is 63.9 Å². The van der Waals surface area contributed by atoms with E-state index >= 15 is 0 Å². The monoisotopic (exact) mass is 321 g/mol. The van der Waals surface area contributed by atoms with Gasteiger partial charge in [0.15, 0.2) is 0 Å². The van der Waals surface area contributed by atoms with Crippen LogP contribution in [0.15, 0.2) is 48.8 Å². The maximum Gasteiger partial charge on any atom is 0.256 e. The van der Waals surface area contributed by atoms with Crippen LogP contribution in [0, 0.1) is 0 Å². The summed E-state index contributed by atoms with van der Waals surface area (Å²) in [6, 6.07) is 11.5. The van der Waals surface area contributed by atoms with Gasteiger partial charge in [0.25, 0.3) is 5.91 Å². The lowest BCUT2D eigenvalue weighted by Crippen LogP contribution is -2.24. The first kappa shape index (κ1) is 14.7. The Balaban J connectivity index is 1.55. The Morgan fingerprint density at radius 1 is 1.21 bits per heavy atom. The molecule has 0 saturated carbocycles. The van der Waals surface area contributed by atoms with Crippen molar-refractivity contribution in [3.8, 4) is 5.69 Å². The second kappa shape index (κ2) is 5.98. The van der Waals surface area contributed by atoms with E-state index in [1.54, 1.807) is 4.68 Å². The van der Waals surface area contributed by atoms with Gasteiger partial charge in [-0.2, -0.15) is 5.10 Å². The highest BCUT2D eigenvalue weighted by Gasteiger charge is 2.20. The minimum Gasteiger partial charge on any atom is -0.324 e. The van der Waals surface area contributed by atoms with Crippen LogP contribution in [-0.2, 0) is 20.0 Å². The van der Waals surface area contributed by atoms with E-state index < -0.39 is 0 Å². The first-order valence-corrected chi connectivity index (χ1v) is 8.02. The van der Waals surface area contributed by atoms with Crippen molar-refractivity contribution in [3.05, 3.63) is 65.6 Å². The number of carbonyl (C=O) groups is 1. The van der Waals surface area contributed by atoms with Crippen LogP contribution < -0.4 is 10.6 Å². The number of benzene rings is 1. The second-order valence-electron chi connectivity index (χ2n) is 5.92. The molecule has 0 saturated heterocycles. The third kappa shape index (κ3) is 2.61. The molecular formula is C18H19N5O. The van der Waals surface area contributed by atoms with Crippen LogP contribution >= 0.6 is 0 Å². The van der Waals surface area contributed by atoms with Gasteiger partial charge in [-0.3, -0.25) is 9.48 Å². The normalized spacial score (nSPS) is 13.5. The number of carbonyl (C=O) groups excluding carboxylic acids is 1. The fourth-order valence-corrected chi connectivity index (χ4v) is 3.06. The quantitative estimate of drug-likeness (QED) is 0.776. The molecule has 0 atom stereocenters. The summed E-state index contributed by atoms with van der Waals surface area (Å²) in [5.74, 6) is 0.655. The zero-order valence-corrected chi connectivity index (χ0v) is 13.5. The summed E-state index contributed by atoms with van der Waals surface area (Å²) in [4.78, 5) is 12.6. The molecule has 1 aliphatic heterocycles. The number of fused-ring (bicyclic) bond motifs is 1. The van der Waals surface area contributed by atoms with E-state index in [0.717, 1.165) is 42.3 Å². The maximum atomic E-state index is 12.6. The van der Waals surface area contributed by atoms with Gasteiger partial charge >= 0.3 is 0 Å². The first-order chi connectivity index (χ1) is 11.7. The largest absolute Gasteiger partial charge is 0.324 e. The van der Waals surface area contributed by atoms with Crippen molar-refractivity contribution in [2.24, 2.45) is 7.05 Å². The fraction of sp³-hybridized carbons (Fsp3) is 0.222. The highest BCUT2D eigenvalue weighted by atomic mass is 16.1. The molecule has 3 aromatic rings. The Kier molecular flexibility index (Phi) is 3.66. The van der Waals surface area contributed by atoms with Crippen LogP contribution in [0.4, 0.5) is 5.82 Å². The van der Waals surface area contributed by atoms with Gasteiger partial charge in [0.05, 0.1) is 5.69 Å². The summed E-state index contributed by atoms with van der Waals surface area (Å²) >= 11 is 0. The van der Waals surface area contributed by atoms with Gasteiger partial charge < -0.3 is 15.2 Å². The highest BCUT2D eigenvalue weighted by Crippen LogP contribution is 2.22. The Bertz CT molecular complexity index is 862. The van der Waals surface area contributed by atoms with Crippen LogP contribution in [0.3, 0.4) is 0 Å². The van der Waals surface area contributed by atoms with E-state index in [1.165, 1.54) is 0 Å². The molecule has 0 bridgehead atoms. The molecule has 6 heteroatoms. The van der Waals surface area contributed by atoms with Crippen LogP contribution in [0.1, 0.15) is 21.6 Å². The van der Waals surface area contributed by atoms with Crippen LogP contribution in [0.5, 0.6) is 0 Å². The number of amides is 1. The average molecular weight is 321 g/mol. The van der Waals surface area contributed by atoms with E-state index in [9.17, 15) is 4.79 Å². The highest BCUT2D eigenvalue weighted by molar-refractivity contribution is 6.04. The van der Waals surface area contributed by atoms with Crippen molar-refractivity contribution in [1.82, 2.24) is 19.7 Å². The molecule has 2 N–H and O–H groups in total. The molecular weight excluding hydrogens is 302 g/mol. The van der Waals surface area contributed by atoms with E-state index in [4.69, 9.17) is 0 Å². The van der Waals surface area contributed by atoms with E-state index in [-0.39, 0.29) is 5.91 Å². The Labute approximate surface area is 140 Å². The summed E-state index contributed by atoms with van der Waals surface area (Å²) in [5, 5.41) is 10.8. The lowest BCUT2D eigenvalue weighted by Gasteiger charge is -2.13. The van der Waals surface area contributed by atoms with Gasteiger partial charge in [0, 0.05) is 55.8 Å². The summed E-state index contributed by atoms with van der Waals surface area (Å²) in [6.07, 6.45) is 4.85. The van der Waals surface area contributed by atoms with Crippen molar-refractivity contribution < 1.29 is 4.79 Å². The molecule has 0 unspecified atom stereocenters. The minimum atomic E-state index is -0.120. The van der Waals surface area contributed by atoms with Crippen molar-refractivity contribution in [2.45, 2.75) is 13.0 Å². The summed E-state index contributed by atoms with van der Waals surface area (Å²) in [5.41, 5.74) is 3.80. The molecule has 6 nitrogen and oxygen atoms in total. The van der Waals surface area contributed by atoms with E-state index in [2.05, 4.69) is 15.7 Å². The van der Waals surface area contributed by atoms with Crippen molar-refractivity contribution in [2.75, 3.05) is 11.9 Å². The third-order valence-electron chi connectivity index (χ3n) is 4.33. The predicted molar refractivity (Wildman–Crippen MR) is 92.3 cm³/mol. The maximum absolute atomic E-state index is 12.6. The molecule has 24 heavy (non-hydrogen) atoms. The molecule has 0 spiro atoms. The number of aryl methyl sites for hydroxylation is 1. The van der Waals surface area contributed by atoms with Gasteiger partial charge in [0.2, 0.25) is 0 Å². The smallest absolute Gasteiger partial charge is 0.256 e. The second-order valence-corrected chi connectivity index (χ2v) is 5.92. The molecule has 0 radical (unpaired) electrons. The van der Waals surface area contributed by atoms with Gasteiger partial charge in [-0.15, -0.1) is 0 Å². The number of anilines is 1. The zero-order chi connectivity index (χ0) is 16.5. The summed E-state index contributed by atoms with van der Waals surface area (Å²) in [7, 11) is 1.86. The molecule has 0 aliphatic carbocycles. The summed E-state index contributed by atoms with van der Waals surface area (Å²) in [6.45, 7) is 1.67. The average Bonchev–Trinajstić information content (AvgIpc) is 3.24. The Morgan fingerprint density at radius 2 is 1.96 bits per heavy atom. The first-order valence-electron chi connectivity index (χ1n) is 8.02. The molecule has 0 fully saturated rings. The van der Waals surface area contributed by atoms with Crippen molar-refractivity contribution in [1.29, 1.82) is 0 Å². The fourth-order valence-electron chi connectivity index (χ4n) is 3.06. The number of hydrogen-bond donors (Lipinski definition) is 2. The molecule has 122 valence electrons. The number of nitrogens with zero attached hydrogens (tertiary/aromatic N) is 3. The molecule has 1 aliphatic rings. The number of aromatic nitrogens is 3. The molecule has 3 heterocycles. The minimum absolute atomic E-state index is 0.120. The lowest BCUT2D eigenvalue weighted by molar-refractivity contribution is 0.102. The van der Waals surface area contributed by atoms with E-state index in [1.807, 2.05) is 60.4 Å². The van der Waals surface area contributed by atoms with Crippen molar-refractivity contribution in [3.63, 3.8) is 0 Å². The standard InChI is InChI=1S/C18H19N5O/c1-22-17(15-12-19-9-8-16(15)21-22)20-18(24)13-4-6-14(7-5-13)23-10-2-3-11-23/h2-7,10-11,19H,8-9,12H2,1H3,(H,20,24). The molecule has 1 amide bonds. The van der Waals surface area contributed by atoms with E-state index in [0.29, 0.717) is 5.56 Å². The number of rotatable bonds is 3. The van der Waals surface area contributed by atoms with Crippen LogP contribution in [0.25, 0.3) is 5.69 Å². The lowest BCUT2D eigenvalue weighted by atomic mass is 10.1. The number of hydrogen-bond acceptors (Lipinski definition) is 3. The van der Waals surface area contributed by atoms with Crippen molar-refractivity contribution >= 4 is 11.7 Å².